The van der Waals surface area contributed by atoms with Gasteiger partial charge in [0.05, 0.1) is 18.2 Å². The maximum Gasteiger partial charge on any atom is 0.338 e. The topological polar surface area (TPSA) is 102 Å². The monoisotopic (exact) mass is 439 g/mol. The highest BCUT2D eigenvalue weighted by atomic mass is 16.5. The number of nitrogens with two attached hydrogens (primary N) is 1. The molecule has 4 rings (SSSR count). The number of benzene rings is 3. The highest BCUT2D eigenvalue weighted by Crippen LogP contribution is 2.31. The summed E-state index contributed by atoms with van der Waals surface area (Å²) in [5.74, 6) is 0.634. The molecule has 33 heavy (non-hydrogen) atoms. The van der Waals surface area contributed by atoms with Gasteiger partial charge >= 0.3 is 5.97 Å². The van der Waals surface area contributed by atoms with Gasteiger partial charge in [-0.3, -0.25) is 0 Å². The van der Waals surface area contributed by atoms with E-state index in [1.807, 2.05) is 36.4 Å². The number of esters is 1. The van der Waals surface area contributed by atoms with Crippen LogP contribution < -0.4 is 16.4 Å². The quantitative estimate of drug-likeness (QED) is 0.325. The Kier molecular flexibility index (Phi) is 6.80. The number of rotatable bonds is 8. The van der Waals surface area contributed by atoms with Gasteiger partial charge in [0.1, 0.15) is 12.0 Å². The molecule has 0 unspecified atom stereocenters. The highest BCUT2D eigenvalue weighted by Gasteiger charge is 2.17. The number of nitrogens with one attached hydrogen (secondary N) is 2. The van der Waals surface area contributed by atoms with Crippen molar-refractivity contribution >= 4 is 29.0 Å². The van der Waals surface area contributed by atoms with Crippen LogP contribution in [0.2, 0.25) is 0 Å². The van der Waals surface area contributed by atoms with Gasteiger partial charge in [0.15, 0.2) is 11.6 Å². The zero-order chi connectivity index (χ0) is 23.0. The van der Waals surface area contributed by atoms with Crippen LogP contribution in [0.3, 0.4) is 0 Å². The van der Waals surface area contributed by atoms with Gasteiger partial charge < -0.3 is 21.1 Å². The Labute approximate surface area is 192 Å². The molecule has 0 atom stereocenters. The van der Waals surface area contributed by atoms with Crippen LogP contribution in [0, 0.1) is 0 Å². The number of aromatic nitrogens is 2. The summed E-state index contributed by atoms with van der Waals surface area (Å²) in [4.78, 5) is 20.5. The first-order valence-corrected chi connectivity index (χ1v) is 10.7. The van der Waals surface area contributed by atoms with Gasteiger partial charge in [-0.1, -0.05) is 60.7 Å². The number of hydrogen-bond donors (Lipinski definition) is 3. The van der Waals surface area contributed by atoms with Crippen LogP contribution >= 0.6 is 0 Å². The first kappa shape index (κ1) is 21.8. The van der Waals surface area contributed by atoms with Crippen LogP contribution in [0.25, 0.3) is 0 Å². The van der Waals surface area contributed by atoms with Crippen molar-refractivity contribution in [2.75, 3.05) is 23.0 Å². The van der Waals surface area contributed by atoms with Crippen molar-refractivity contribution in [2.24, 2.45) is 0 Å². The minimum absolute atomic E-state index is 0.138. The molecular formula is C26H25N5O2. The lowest BCUT2D eigenvalue weighted by molar-refractivity contribution is 0.0526. The smallest absolute Gasteiger partial charge is 0.338 e. The Bertz CT molecular complexity index is 1160. The number of hydrogen-bond acceptors (Lipinski definition) is 7. The first-order chi connectivity index (χ1) is 16.2. The second kappa shape index (κ2) is 10.3. The lowest BCUT2D eigenvalue weighted by Gasteiger charge is -2.22. The van der Waals surface area contributed by atoms with E-state index >= 15 is 0 Å². The van der Waals surface area contributed by atoms with Gasteiger partial charge in [-0.25, -0.2) is 14.8 Å². The van der Waals surface area contributed by atoms with Crippen LogP contribution in [0.1, 0.15) is 34.5 Å². The Morgan fingerprint density at radius 3 is 2.03 bits per heavy atom. The number of carbonyl (C=O) groups excluding carboxylic acids is 1. The molecule has 0 aliphatic carbocycles. The van der Waals surface area contributed by atoms with Crippen LogP contribution in [-0.2, 0) is 4.74 Å². The fourth-order valence-electron chi connectivity index (χ4n) is 3.44. The maximum absolute atomic E-state index is 11.9. The molecule has 1 aromatic heterocycles. The summed E-state index contributed by atoms with van der Waals surface area (Å²) in [7, 11) is 0. The average molecular weight is 440 g/mol. The van der Waals surface area contributed by atoms with Crippen molar-refractivity contribution in [3.63, 3.8) is 0 Å². The van der Waals surface area contributed by atoms with E-state index in [9.17, 15) is 4.79 Å². The van der Waals surface area contributed by atoms with Crippen molar-refractivity contribution in [1.82, 2.24) is 9.97 Å². The molecule has 0 aliphatic rings. The standard InChI is InChI=1S/C26H25N5O2/c1-2-33-26(32)20-13-15-21(16-14-20)30-24-22(27)25(29-17-28-24)31-23(18-9-5-3-6-10-18)19-11-7-4-8-12-19/h3-17,23H,2,27H2,1H3,(H2,28,29,30,31). The first-order valence-electron chi connectivity index (χ1n) is 10.7. The fourth-order valence-corrected chi connectivity index (χ4v) is 3.44. The fraction of sp³-hybridized carbons (Fsp3) is 0.115. The molecule has 7 heteroatoms. The minimum atomic E-state index is -0.357. The van der Waals surface area contributed by atoms with Crippen LogP contribution in [0.4, 0.5) is 23.0 Å². The summed E-state index contributed by atoms with van der Waals surface area (Å²) in [5.41, 5.74) is 10.2. The lowest BCUT2D eigenvalue weighted by atomic mass is 9.99. The molecule has 0 radical (unpaired) electrons. The molecule has 0 amide bonds. The zero-order valence-corrected chi connectivity index (χ0v) is 18.2. The molecular weight excluding hydrogens is 414 g/mol. The summed E-state index contributed by atoms with van der Waals surface area (Å²) >= 11 is 0. The van der Waals surface area contributed by atoms with E-state index in [1.54, 1.807) is 31.2 Å². The van der Waals surface area contributed by atoms with Crippen LogP contribution in [0.5, 0.6) is 0 Å². The SMILES string of the molecule is CCOC(=O)c1ccc(Nc2ncnc(NC(c3ccccc3)c3ccccc3)c2N)cc1. The van der Waals surface area contributed by atoms with Gasteiger partial charge in [0.25, 0.3) is 0 Å². The van der Waals surface area contributed by atoms with E-state index in [4.69, 9.17) is 10.5 Å². The Balaban J connectivity index is 1.58. The summed E-state index contributed by atoms with van der Waals surface area (Å²) in [6.45, 7) is 2.11. The molecule has 1 heterocycles. The summed E-state index contributed by atoms with van der Waals surface area (Å²) in [6.07, 6.45) is 1.46. The van der Waals surface area contributed by atoms with Gasteiger partial charge in [0, 0.05) is 5.69 Å². The van der Waals surface area contributed by atoms with E-state index in [0.717, 1.165) is 16.8 Å². The maximum atomic E-state index is 11.9. The van der Waals surface area contributed by atoms with E-state index in [1.165, 1.54) is 6.33 Å². The molecule has 3 aromatic carbocycles. The van der Waals surface area contributed by atoms with E-state index in [2.05, 4.69) is 44.9 Å². The number of nitrogen functional groups attached to an aromatic ring is 1. The van der Waals surface area contributed by atoms with E-state index < -0.39 is 0 Å². The molecule has 7 nitrogen and oxygen atoms in total. The molecule has 0 saturated heterocycles. The molecule has 0 spiro atoms. The Morgan fingerprint density at radius 2 is 1.45 bits per heavy atom. The number of ether oxygens (including phenoxy) is 1. The third-order valence-electron chi connectivity index (χ3n) is 5.09. The molecule has 0 saturated carbocycles. The minimum Gasteiger partial charge on any atom is -0.462 e. The van der Waals surface area contributed by atoms with Gasteiger partial charge in [-0.05, 0) is 42.3 Å². The highest BCUT2D eigenvalue weighted by molar-refractivity contribution is 5.90. The molecule has 166 valence electrons. The summed E-state index contributed by atoms with van der Waals surface area (Å²) in [6, 6.07) is 27.0. The largest absolute Gasteiger partial charge is 0.462 e. The van der Waals surface area contributed by atoms with Crippen molar-refractivity contribution in [3.05, 3.63) is 108 Å². The Hall–Kier alpha value is -4.39. The van der Waals surface area contributed by atoms with Gasteiger partial charge in [0.2, 0.25) is 0 Å². The van der Waals surface area contributed by atoms with Crippen molar-refractivity contribution in [3.8, 4) is 0 Å². The van der Waals surface area contributed by atoms with E-state index in [-0.39, 0.29) is 12.0 Å². The van der Waals surface area contributed by atoms with Crippen molar-refractivity contribution in [2.45, 2.75) is 13.0 Å². The average Bonchev–Trinajstić information content (AvgIpc) is 2.86. The summed E-state index contributed by atoms with van der Waals surface area (Å²) in [5, 5.41) is 6.66. The molecule has 4 N–H and O–H groups in total. The van der Waals surface area contributed by atoms with Gasteiger partial charge in [-0.15, -0.1) is 0 Å². The third-order valence-corrected chi connectivity index (χ3v) is 5.09. The van der Waals surface area contributed by atoms with Crippen molar-refractivity contribution in [1.29, 1.82) is 0 Å². The molecule has 0 bridgehead atoms. The second-order valence-corrected chi connectivity index (χ2v) is 7.31. The van der Waals surface area contributed by atoms with Crippen molar-refractivity contribution < 1.29 is 9.53 Å². The van der Waals surface area contributed by atoms with E-state index in [0.29, 0.717) is 29.5 Å². The molecule has 0 aliphatic heterocycles. The normalized spacial score (nSPS) is 10.6. The summed E-state index contributed by atoms with van der Waals surface area (Å²) < 4.78 is 5.02. The zero-order valence-electron chi connectivity index (χ0n) is 18.2. The Morgan fingerprint density at radius 1 is 0.879 bits per heavy atom. The molecule has 4 aromatic rings. The predicted molar refractivity (Wildman–Crippen MR) is 130 cm³/mol. The number of anilines is 4. The molecule has 0 fully saturated rings. The predicted octanol–water partition coefficient (Wildman–Crippen LogP) is 5.18. The van der Waals surface area contributed by atoms with Crippen LogP contribution in [0.15, 0.2) is 91.3 Å². The number of carbonyl (C=O) groups is 1. The van der Waals surface area contributed by atoms with Gasteiger partial charge in [-0.2, -0.15) is 0 Å². The third kappa shape index (κ3) is 5.27. The number of nitrogens with zero attached hydrogens (tertiary/aromatic N) is 2. The lowest BCUT2D eigenvalue weighted by Crippen LogP contribution is -2.15. The second-order valence-electron chi connectivity index (χ2n) is 7.31. The van der Waals surface area contributed by atoms with Crippen LogP contribution in [-0.4, -0.2) is 22.5 Å².